The Morgan fingerprint density at radius 3 is 2.26 bits per heavy atom. The number of carbonyl (C=O) groups is 1. The Morgan fingerprint density at radius 2 is 1.71 bits per heavy atom. The molecule has 192 valence electrons. The van der Waals surface area contributed by atoms with Gasteiger partial charge in [0.25, 0.3) is 5.91 Å². The molecule has 1 amide bonds. The van der Waals surface area contributed by atoms with Crippen LogP contribution in [0.2, 0.25) is 0 Å². The molecule has 1 saturated heterocycles. The maximum absolute atomic E-state index is 13.7. The summed E-state index contributed by atoms with van der Waals surface area (Å²) in [5.74, 6) is 0.908. The number of hydrogen-bond donors (Lipinski definition) is 0. The lowest BCUT2D eigenvalue weighted by Crippen LogP contribution is -2.46. The van der Waals surface area contributed by atoms with Crippen molar-refractivity contribution in [3.8, 4) is 5.75 Å². The lowest BCUT2D eigenvalue weighted by Gasteiger charge is -2.31. The highest BCUT2D eigenvalue weighted by molar-refractivity contribution is 7.91. The van der Waals surface area contributed by atoms with Gasteiger partial charge in [-0.3, -0.25) is 4.79 Å². The van der Waals surface area contributed by atoms with Crippen LogP contribution in [-0.4, -0.2) is 56.0 Å². The second kappa shape index (κ2) is 11.5. The van der Waals surface area contributed by atoms with E-state index >= 15 is 0 Å². The molecule has 0 bridgehead atoms. The monoisotopic (exact) mass is 500 g/mol. The number of sulfone groups is 1. The third-order valence-corrected chi connectivity index (χ3v) is 8.54. The van der Waals surface area contributed by atoms with Crippen molar-refractivity contribution in [1.82, 2.24) is 4.90 Å². The first kappa shape index (κ1) is 27.1. The van der Waals surface area contributed by atoms with Gasteiger partial charge in [-0.15, -0.1) is 0 Å². The van der Waals surface area contributed by atoms with E-state index in [-0.39, 0.29) is 29.4 Å². The minimum atomic E-state index is -3.14. The Balaban J connectivity index is 1.84. The fourth-order valence-corrected chi connectivity index (χ4v) is 6.43. The Hall–Kier alpha value is -2.54. The van der Waals surface area contributed by atoms with E-state index in [1.807, 2.05) is 37.3 Å². The molecule has 3 rings (SSSR count). The van der Waals surface area contributed by atoms with E-state index in [1.165, 1.54) is 0 Å². The number of carbonyl (C=O) groups excluding carboxylic acids is 1. The number of benzene rings is 2. The second-order valence-corrected chi connectivity index (χ2v) is 12.0. The van der Waals surface area contributed by atoms with Gasteiger partial charge in [0.1, 0.15) is 5.75 Å². The molecule has 2 unspecified atom stereocenters. The van der Waals surface area contributed by atoms with Crippen molar-refractivity contribution in [2.24, 2.45) is 0 Å². The summed E-state index contributed by atoms with van der Waals surface area (Å²) in [6.45, 7) is 14.4. The lowest BCUT2D eigenvalue weighted by molar-refractivity contribution is -0.140. The minimum absolute atomic E-state index is 0.00464. The fourth-order valence-electron chi connectivity index (χ4n) is 4.70. The third kappa shape index (κ3) is 6.78. The van der Waals surface area contributed by atoms with Crippen molar-refractivity contribution in [2.75, 3.05) is 29.5 Å². The smallest absolute Gasteiger partial charge is 0.263 e. The number of nitrogens with zero attached hydrogens (tertiary/aromatic N) is 2. The largest absolute Gasteiger partial charge is 0.481 e. The highest BCUT2D eigenvalue weighted by Crippen LogP contribution is 2.29. The first-order chi connectivity index (χ1) is 16.5. The summed E-state index contributed by atoms with van der Waals surface area (Å²) in [4.78, 5) is 17.7. The van der Waals surface area contributed by atoms with Crippen molar-refractivity contribution >= 4 is 21.4 Å². The second-order valence-electron chi connectivity index (χ2n) is 9.82. The molecule has 0 saturated carbocycles. The highest BCUT2D eigenvalue weighted by atomic mass is 32.2. The predicted octanol–water partition coefficient (Wildman–Crippen LogP) is 4.95. The first-order valence-electron chi connectivity index (χ1n) is 12.7. The van der Waals surface area contributed by atoms with Crippen molar-refractivity contribution in [3.05, 3.63) is 59.2 Å². The van der Waals surface area contributed by atoms with Gasteiger partial charge in [-0.2, -0.15) is 0 Å². The standard InChI is InChI=1S/C28H40N2O4S/c1-7-29(8-2)24-12-10-23(11-13-24)18-30(25-15-16-35(32,33)19-25)28(31)22(6)34-27-17-21(5)9-14-26(27)20(3)4/h9-14,17,20,22,25H,7-8,15-16,18-19H2,1-6H3. The Bertz CT molecular complexity index is 1110. The molecular formula is C28H40N2O4S. The van der Waals surface area contributed by atoms with Crippen LogP contribution in [0.3, 0.4) is 0 Å². The zero-order valence-electron chi connectivity index (χ0n) is 22.0. The number of aryl methyl sites for hydroxylation is 1. The van der Waals surface area contributed by atoms with Crippen molar-refractivity contribution in [2.45, 2.75) is 72.6 Å². The number of ether oxygens (including phenoxy) is 1. The molecule has 0 spiro atoms. The Kier molecular flexibility index (Phi) is 8.86. The molecule has 0 aromatic heterocycles. The lowest BCUT2D eigenvalue weighted by atomic mass is 10.0. The van der Waals surface area contributed by atoms with Crippen LogP contribution in [0.15, 0.2) is 42.5 Å². The van der Waals surface area contributed by atoms with Gasteiger partial charge in [0.2, 0.25) is 0 Å². The first-order valence-corrected chi connectivity index (χ1v) is 14.5. The van der Waals surface area contributed by atoms with Gasteiger partial charge >= 0.3 is 0 Å². The minimum Gasteiger partial charge on any atom is -0.481 e. The fraction of sp³-hybridized carbons (Fsp3) is 0.536. The van der Waals surface area contributed by atoms with Gasteiger partial charge in [-0.1, -0.05) is 38.1 Å². The molecule has 35 heavy (non-hydrogen) atoms. The molecular weight excluding hydrogens is 460 g/mol. The van der Waals surface area contributed by atoms with E-state index in [2.05, 4.69) is 44.7 Å². The van der Waals surface area contributed by atoms with Crippen LogP contribution in [0.4, 0.5) is 5.69 Å². The Morgan fingerprint density at radius 1 is 1.06 bits per heavy atom. The highest BCUT2D eigenvalue weighted by Gasteiger charge is 2.36. The summed E-state index contributed by atoms with van der Waals surface area (Å²) < 4.78 is 30.7. The van der Waals surface area contributed by atoms with Crippen molar-refractivity contribution in [3.63, 3.8) is 0 Å². The quantitative estimate of drug-likeness (QED) is 0.462. The molecule has 2 atom stereocenters. The maximum atomic E-state index is 13.7. The molecule has 1 fully saturated rings. The van der Waals surface area contributed by atoms with E-state index in [1.54, 1.807) is 11.8 Å². The topological polar surface area (TPSA) is 66.9 Å². The van der Waals surface area contributed by atoms with Crippen molar-refractivity contribution in [1.29, 1.82) is 0 Å². The zero-order chi connectivity index (χ0) is 25.8. The molecule has 6 nitrogen and oxygen atoms in total. The molecule has 0 radical (unpaired) electrons. The SMILES string of the molecule is CCN(CC)c1ccc(CN(C(=O)C(C)Oc2cc(C)ccc2C(C)C)C2CCS(=O)(=O)C2)cc1. The number of anilines is 1. The third-order valence-electron chi connectivity index (χ3n) is 6.79. The Labute approximate surface area is 211 Å². The van der Waals surface area contributed by atoms with Gasteiger partial charge in [-0.25, -0.2) is 8.42 Å². The van der Waals surface area contributed by atoms with Crippen LogP contribution < -0.4 is 9.64 Å². The van der Waals surface area contributed by atoms with Crippen LogP contribution in [-0.2, 0) is 21.2 Å². The van der Waals surface area contributed by atoms with E-state index in [4.69, 9.17) is 4.74 Å². The van der Waals surface area contributed by atoms with Crippen LogP contribution in [0, 0.1) is 6.92 Å². The molecule has 2 aromatic rings. The van der Waals surface area contributed by atoms with Crippen LogP contribution in [0.25, 0.3) is 0 Å². The average Bonchev–Trinajstić information content (AvgIpc) is 3.17. The summed E-state index contributed by atoms with van der Waals surface area (Å²) in [5, 5.41) is 0. The van der Waals surface area contributed by atoms with Crippen LogP contribution in [0.1, 0.15) is 63.6 Å². The molecule has 0 aliphatic carbocycles. The summed E-state index contributed by atoms with van der Waals surface area (Å²) in [6, 6.07) is 13.9. The van der Waals surface area contributed by atoms with Crippen LogP contribution >= 0.6 is 0 Å². The van der Waals surface area contributed by atoms with Gasteiger partial charge in [-0.05, 0) is 74.9 Å². The van der Waals surface area contributed by atoms with E-state index < -0.39 is 15.9 Å². The summed E-state index contributed by atoms with van der Waals surface area (Å²) in [6.07, 6.45) is -0.271. The average molecular weight is 501 g/mol. The number of hydrogen-bond acceptors (Lipinski definition) is 5. The van der Waals surface area contributed by atoms with Crippen molar-refractivity contribution < 1.29 is 17.9 Å². The number of rotatable bonds is 10. The van der Waals surface area contributed by atoms with Gasteiger partial charge < -0.3 is 14.5 Å². The molecule has 1 aliphatic heterocycles. The summed E-state index contributed by atoms with van der Waals surface area (Å²) in [7, 11) is -3.14. The maximum Gasteiger partial charge on any atom is 0.263 e. The van der Waals surface area contributed by atoms with Gasteiger partial charge in [0, 0.05) is 31.4 Å². The van der Waals surface area contributed by atoms with Gasteiger partial charge in [0.15, 0.2) is 15.9 Å². The van der Waals surface area contributed by atoms with Gasteiger partial charge in [0.05, 0.1) is 11.5 Å². The van der Waals surface area contributed by atoms with E-state index in [9.17, 15) is 13.2 Å². The predicted molar refractivity (Wildman–Crippen MR) is 143 cm³/mol. The zero-order valence-corrected chi connectivity index (χ0v) is 22.8. The summed E-state index contributed by atoms with van der Waals surface area (Å²) >= 11 is 0. The van der Waals surface area contributed by atoms with E-state index in [0.29, 0.717) is 18.7 Å². The molecule has 2 aromatic carbocycles. The molecule has 0 N–H and O–H groups in total. The van der Waals surface area contributed by atoms with Crippen LogP contribution in [0.5, 0.6) is 5.75 Å². The molecule has 1 aliphatic rings. The molecule has 7 heteroatoms. The van der Waals surface area contributed by atoms with E-state index in [0.717, 1.165) is 35.5 Å². The number of amides is 1. The molecule has 1 heterocycles. The normalized spacial score (nSPS) is 17.9. The summed E-state index contributed by atoms with van der Waals surface area (Å²) in [5.41, 5.74) is 4.23.